The predicted octanol–water partition coefficient (Wildman–Crippen LogP) is -1.39. The second-order valence-corrected chi connectivity index (χ2v) is 8.70. The maximum atomic E-state index is 13.0. The van der Waals surface area contributed by atoms with Crippen LogP contribution in [0.2, 0.25) is 0 Å². The van der Waals surface area contributed by atoms with Crippen LogP contribution >= 0.6 is 0 Å². The Hall–Kier alpha value is -3.48. The van der Waals surface area contributed by atoms with Gasteiger partial charge in [0.1, 0.15) is 12.1 Å². The summed E-state index contributed by atoms with van der Waals surface area (Å²) in [6.07, 6.45) is 0.224. The molecular formula is C23H33N5O7. The van der Waals surface area contributed by atoms with Gasteiger partial charge in [0, 0.05) is 23.5 Å². The number of aliphatic carboxylic acids is 1. The van der Waals surface area contributed by atoms with Crippen molar-refractivity contribution in [3.05, 3.63) is 36.0 Å². The number of nitrogens with one attached hydrogen (secondary N) is 4. The van der Waals surface area contributed by atoms with Crippen LogP contribution in [-0.2, 0) is 25.6 Å². The quantitative estimate of drug-likeness (QED) is 0.177. The van der Waals surface area contributed by atoms with Crippen molar-refractivity contribution < 1.29 is 34.5 Å². The third-order valence-corrected chi connectivity index (χ3v) is 5.61. The van der Waals surface area contributed by atoms with E-state index in [-0.39, 0.29) is 12.3 Å². The third-order valence-electron chi connectivity index (χ3n) is 5.61. The van der Waals surface area contributed by atoms with Gasteiger partial charge in [-0.1, -0.05) is 32.0 Å². The van der Waals surface area contributed by atoms with E-state index in [4.69, 9.17) is 5.73 Å². The Balaban J connectivity index is 2.28. The highest BCUT2D eigenvalue weighted by molar-refractivity contribution is 5.95. The Labute approximate surface area is 202 Å². The highest BCUT2D eigenvalue weighted by Gasteiger charge is 2.32. The summed E-state index contributed by atoms with van der Waals surface area (Å²) in [5.41, 5.74) is 7.25. The van der Waals surface area contributed by atoms with Gasteiger partial charge in [-0.3, -0.25) is 14.4 Å². The van der Waals surface area contributed by atoms with Crippen LogP contribution in [0.1, 0.15) is 26.3 Å². The number of H-pyrrole nitrogens is 1. The molecule has 35 heavy (non-hydrogen) atoms. The molecule has 1 aromatic heterocycles. The number of aliphatic hydroxyl groups is 2. The van der Waals surface area contributed by atoms with Crippen LogP contribution in [0.5, 0.6) is 0 Å². The Morgan fingerprint density at radius 1 is 0.971 bits per heavy atom. The van der Waals surface area contributed by atoms with Gasteiger partial charge in [0.05, 0.1) is 18.8 Å². The molecule has 0 fully saturated rings. The van der Waals surface area contributed by atoms with E-state index in [1.165, 1.54) is 6.92 Å². The van der Waals surface area contributed by atoms with Gasteiger partial charge in [-0.05, 0) is 24.5 Å². The van der Waals surface area contributed by atoms with Crippen LogP contribution in [0.25, 0.3) is 10.9 Å². The van der Waals surface area contributed by atoms with Crippen molar-refractivity contribution in [2.24, 2.45) is 11.7 Å². The van der Waals surface area contributed by atoms with E-state index in [2.05, 4.69) is 20.9 Å². The summed E-state index contributed by atoms with van der Waals surface area (Å²) in [5, 5.41) is 36.6. The first kappa shape index (κ1) is 27.8. The molecule has 0 aliphatic rings. The molecule has 0 bridgehead atoms. The number of hydrogen-bond acceptors (Lipinski definition) is 7. The molecule has 3 amide bonds. The molecule has 0 aliphatic heterocycles. The van der Waals surface area contributed by atoms with Gasteiger partial charge < -0.3 is 42.0 Å². The van der Waals surface area contributed by atoms with E-state index in [0.717, 1.165) is 10.9 Å². The highest BCUT2D eigenvalue weighted by atomic mass is 16.4. The smallest absolute Gasteiger partial charge is 0.328 e. The number of para-hydroxylation sites is 1. The summed E-state index contributed by atoms with van der Waals surface area (Å²) in [6.45, 7) is 3.90. The van der Waals surface area contributed by atoms with Gasteiger partial charge >= 0.3 is 5.97 Å². The highest BCUT2D eigenvalue weighted by Crippen LogP contribution is 2.19. The van der Waals surface area contributed by atoms with E-state index in [1.807, 2.05) is 18.2 Å². The fourth-order valence-corrected chi connectivity index (χ4v) is 3.41. The summed E-state index contributed by atoms with van der Waals surface area (Å²) in [5.74, 6) is -4.04. The number of rotatable bonds is 12. The zero-order valence-electron chi connectivity index (χ0n) is 19.8. The molecule has 0 saturated carbocycles. The van der Waals surface area contributed by atoms with E-state index < -0.39 is 60.6 Å². The van der Waals surface area contributed by atoms with Crippen LogP contribution in [-0.4, -0.2) is 80.9 Å². The molecule has 0 spiro atoms. The lowest BCUT2D eigenvalue weighted by Crippen LogP contribution is -2.59. The molecule has 5 atom stereocenters. The van der Waals surface area contributed by atoms with Gasteiger partial charge in [-0.25, -0.2) is 4.79 Å². The molecule has 2 aromatic rings. The first-order valence-electron chi connectivity index (χ1n) is 11.2. The minimum atomic E-state index is -1.61. The van der Waals surface area contributed by atoms with E-state index >= 15 is 0 Å². The molecule has 1 heterocycles. The summed E-state index contributed by atoms with van der Waals surface area (Å²) in [7, 11) is 0. The number of benzene rings is 1. The molecule has 0 aliphatic carbocycles. The molecule has 12 nitrogen and oxygen atoms in total. The summed E-state index contributed by atoms with van der Waals surface area (Å²) < 4.78 is 0. The standard InChI is InChI=1S/C23H33N5O7/c1-11(2)18(24)22(33)27-17(10-29)21(32)26-16(20(31)28-19(12(3)30)23(34)35)8-13-9-25-15-7-5-4-6-14(13)15/h4-7,9,11-12,16-19,25,29-30H,8,10,24H2,1-3H3,(H,26,32)(H,27,33)(H,28,31)(H,34,35). The number of aromatic amines is 1. The van der Waals surface area contributed by atoms with E-state index in [9.17, 15) is 34.5 Å². The SMILES string of the molecule is CC(C)C(N)C(=O)NC(CO)C(=O)NC(Cc1c[nH]c2ccccc12)C(=O)NC(C(=O)O)C(C)O. The van der Waals surface area contributed by atoms with Gasteiger partial charge in [-0.2, -0.15) is 0 Å². The summed E-state index contributed by atoms with van der Waals surface area (Å²) in [4.78, 5) is 52.7. The third kappa shape index (κ3) is 7.25. The van der Waals surface area contributed by atoms with Gasteiger partial charge in [0.15, 0.2) is 6.04 Å². The first-order chi connectivity index (χ1) is 16.5. The van der Waals surface area contributed by atoms with Crippen molar-refractivity contribution in [2.45, 2.75) is 57.5 Å². The predicted molar refractivity (Wildman–Crippen MR) is 127 cm³/mol. The lowest BCUT2D eigenvalue weighted by Gasteiger charge is -2.25. The minimum absolute atomic E-state index is 0.0364. The van der Waals surface area contributed by atoms with Crippen LogP contribution in [0, 0.1) is 5.92 Å². The van der Waals surface area contributed by atoms with E-state index in [1.54, 1.807) is 26.1 Å². The number of carbonyl (C=O) groups excluding carboxylic acids is 3. The first-order valence-corrected chi connectivity index (χ1v) is 11.2. The van der Waals surface area contributed by atoms with Crippen molar-refractivity contribution in [3.8, 4) is 0 Å². The Morgan fingerprint density at radius 2 is 1.57 bits per heavy atom. The molecule has 9 N–H and O–H groups in total. The lowest BCUT2D eigenvalue weighted by molar-refractivity contribution is -0.145. The molecular weight excluding hydrogens is 458 g/mol. The maximum Gasteiger partial charge on any atom is 0.328 e. The number of hydrogen-bond donors (Lipinski definition) is 8. The number of carbonyl (C=O) groups is 4. The van der Waals surface area contributed by atoms with Crippen LogP contribution in [0.3, 0.4) is 0 Å². The van der Waals surface area contributed by atoms with Gasteiger partial charge in [0.2, 0.25) is 17.7 Å². The van der Waals surface area contributed by atoms with Crippen molar-refractivity contribution in [2.75, 3.05) is 6.61 Å². The average molecular weight is 492 g/mol. The normalized spacial score (nSPS) is 15.6. The zero-order valence-corrected chi connectivity index (χ0v) is 19.8. The van der Waals surface area contributed by atoms with Crippen LogP contribution < -0.4 is 21.7 Å². The van der Waals surface area contributed by atoms with E-state index in [0.29, 0.717) is 5.56 Å². The molecule has 1 aromatic carbocycles. The number of nitrogens with two attached hydrogens (primary N) is 1. The van der Waals surface area contributed by atoms with Gasteiger partial charge in [0.25, 0.3) is 0 Å². The van der Waals surface area contributed by atoms with Crippen LogP contribution in [0.15, 0.2) is 30.5 Å². The monoisotopic (exact) mass is 491 g/mol. The summed E-state index contributed by atoms with van der Waals surface area (Å²) in [6, 6.07) is 2.08. The maximum absolute atomic E-state index is 13.0. The molecule has 0 saturated heterocycles. The topological polar surface area (TPSA) is 207 Å². The number of amides is 3. The second-order valence-electron chi connectivity index (χ2n) is 8.70. The van der Waals surface area contributed by atoms with Crippen molar-refractivity contribution in [3.63, 3.8) is 0 Å². The Kier molecular flexibility index (Phi) is 9.75. The largest absolute Gasteiger partial charge is 0.480 e. The number of fused-ring (bicyclic) bond motifs is 1. The average Bonchev–Trinajstić information content (AvgIpc) is 3.21. The molecule has 12 heteroatoms. The number of carboxylic acids is 1. The van der Waals surface area contributed by atoms with Crippen LogP contribution in [0.4, 0.5) is 0 Å². The number of aromatic nitrogens is 1. The molecule has 2 rings (SSSR count). The Bertz CT molecular complexity index is 1050. The molecule has 192 valence electrons. The minimum Gasteiger partial charge on any atom is -0.480 e. The van der Waals surface area contributed by atoms with Crippen molar-refractivity contribution in [1.29, 1.82) is 0 Å². The van der Waals surface area contributed by atoms with Crippen molar-refractivity contribution in [1.82, 2.24) is 20.9 Å². The molecule has 0 radical (unpaired) electrons. The number of aliphatic hydroxyl groups excluding tert-OH is 2. The lowest BCUT2D eigenvalue weighted by atomic mass is 10.0. The fourth-order valence-electron chi connectivity index (χ4n) is 3.41. The fraction of sp³-hybridized carbons (Fsp3) is 0.478. The molecule has 5 unspecified atom stereocenters. The second kappa shape index (κ2) is 12.3. The van der Waals surface area contributed by atoms with Crippen molar-refractivity contribution >= 4 is 34.6 Å². The zero-order chi connectivity index (χ0) is 26.3. The summed E-state index contributed by atoms with van der Waals surface area (Å²) >= 11 is 0. The Morgan fingerprint density at radius 3 is 2.14 bits per heavy atom. The van der Waals surface area contributed by atoms with Gasteiger partial charge in [-0.15, -0.1) is 0 Å². The number of carboxylic acid groups (broad SMARTS) is 1.